The zero-order chi connectivity index (χ0) is 22.3. The van der Waals surface area contributed by atoms with E-state index in [4.69, 9.17) is 5.73 Å². The van der Waals surface area contributed by atoms with Gasteiger partial charge < -0.3 is 16.4 Å². The molecule has 4 N–H and O–H groups in total. The molecular formula is C23H28N8O. The Hall–Kier alpha value is -3.33. The Morgan fingerprint density at radius 2 is 2.16 bits per heavy atom. The van der Waals surface area contributed by atoms with E-state index in [0.29, 0.717) is 5.69 Å². The molecule has 3 aromatic heterocycles. The van der Waals surface area contributed by atoms with Crippen molar-refractivity contribution in [3.05, 3.63) is 42.1 Å². The lowest BCUT2D eigenvalue weighted by Crippen LogP contribution is -2.46. The van der Waals surface area contributed by atoms with Crippen LogP contribution in [0.25, 0.3) is 22.5 Å². The second-order valence-electron chi connectivity index (χ2n) is 9.44. The van der Waals surface area contributed by atoms with Crippen LogP contribution in [0.2, 0.25) is 0 Å². The molecule has 0 radical (unpaired) electrons. The minimum atomic E-state index is -0.295. The number of anilines is 1. The number of hydrogen-bond donors (Lipinski definition) is 3. The number of nitrogen functional groups attached to an aromatic ring is 1. The maximum Gasteiger partial charge on any atom is 0.274 e. The maximum absolute atomic E-state index is 12.8. The molecule has 1 saturated heterocycles. The summed E-state index contributed by atoms with van der Waals surface area (Å²) in [6.45, 7) is 7.12. The molecule has 0 unspecified atom stereocenters. The van der Waals surface area contributed by atoms with Gasteiger partial charge in [-0.2, -0.15) is 5.10 Å². The number of nitrogens with two attached hydrogens (primary N) is 1. The first-order chi connectivity index (χ1) is 15.4. The summed E-state index contributed by atoms with van der Waals surface area (Å²) >= 11 is 0. The number of carbonyl (C=O) groups is 1. The summed E-state index contributed by atoms with van der Waals surface area (Å²) in [5, 5.41) is 10.9. The van der Waals surface area contributed by atoms with Gasteiger partial charge in [-0.3, -0.25) is 14.5 Å². The summed E-state index contributed by atoms with van der Waals surface area (Å²) in [6.07, 6.45) is 8.14. The van der Waals surface area contributed by atoms with Crippen molar-refractivity contribution in [1.82, 2.24) is 35.4 Å². The average molecular weight is 433 g/mol. The Balaban J connectivity index is 1.43. The van der Waals surface area contributed by atoms with Gasteiger partial charge in [0.15, 0.2) is 11.5 Å². The van der Waals surface area contributed by atoms with Crippen molar-refractivity contribution in [3.8, 4) is 22.5 Å². The molecule has 5 heterocycles. The number of amides is 1. The molecule has 1 amide bonds. The molecule has 2 aliphatic heterocycles. The van der Waals surface area contributed by atoms with Gasteiger partial charge in [-0.05, 0) is 43.4 Å². The van der Waals surface area contributed by atoms with E-state index in [9.17, 15) is 4.79 Å². The number of hydrogen-bond acceptors (Lipinski definition) is 7. The van der Waals surface area contributed by atoms with E-state index in [2.05, 4.69) is 49.2 Å². The van der Waals surface area contributed by atoms with Crippen molar-refractivity contribution in [2.75, 3.05) is 18.8 Å². The number of nitrogens with zero attached hydrogens (tertiary/aromatic N) is 5. The summed E-state index contributed by atoms with van der Waals surface area (Å²) in [7, 11) is 0. The SMILES string of the molecule is CC1(C)Cc2c(-c3cc(-c4cnc(N)c(C(=O)N[C@H]5CCCNC5)n4)ccn3)cnn2C1. The quantitative estimate of drug-likeness (QED) is 0.576. The summed E-state index contributed by atoms with van der Waals surface area (Å²) in [4.78, 5) is 26.2. The van der Waals surface area contributed by atoms with E-state index < -0.39 is 0 Å². The van der Waals surface area contributed by atoms with Gasteiger partial charge in [0.05, 0.1) is 23.8 Å². The largest absolute Gasteiger partial charge is 0.382 e. The zero-order valence-corrected chi connectivity index (χ0v) is 18.4. The lowest BCUT2D eigenvalue weighted by Gasteiger charge is -2.23. The molecule has 5 rings (SSSR count). The Kier molecular flexibility index (Phi) is 5.13. The fourth-order valence-electron chi connectivity index (χ4n) is 4.53. The number of piperidine rings is 1. The summed E-state index contributed by atoms with van der Waals surface area (Å²) in [5.41, 5.74) is 10.8. The Morgan fingerprint density at radius 1 is 1.28 bits per heavy atom. The fraction of sp³-hybridized carbons (Fsp3) is 0.435. The lowest BCUT2D eigenvalue weighted by molar-refractivity contribution is 0.0926. The Labute approximate surface area is 186 Å². The number of rotatable bonds is 4. The van der Waals surface area contributed by atoms with Crippen LogP contribution in [-0.2, 0) is 13.0 Å². The van der Waals surface area contributed by atoms with Crippen LogP contribution in [0.5, 0.6) is 0 Å². The van der Waals surface area contributed by atoms with Crippen LogP contribution < -0.4 is 16.4 Å². The van der Waals surface area contributed by atoms with Crippen LogP contribution in [0.4, 0.5) is 5.82 Å². The smallest absolute Gasteiger partial charge is 0.274 e. The number of aromatic nitrogens is 5. The molecule has 0 saturated carbocycles. The van der Waals surface area contributed by atoms with E-state index >= 15 is 0 Å². The highest BCUT2D eigenvalue weighted by Gasteiger charge is 2.32. The molecule has 0 bridgehead atoms. The number of fused-ring (bicyclic) bond motifs is 1. The third kappa shape index (κ3) is 3.95. The van der Waals surface area contributed by atoms with Crippen LogP contribution in [0.15, 0.2) is 30.7 Å². The third-order valence-corrected chi connectivity index (χ3v) is 6.15. The Bertz CT molecular complexity index is 1160. The topological polar surface area (TPSA) is 124 Å². The number of nitrogens with one attached hydrogen (secondary N) is 2. The fourth-order valence-corrected chi connectivity index (χ4v) is 4.53. The van der Waals surface area contributed by atoms with E-state index in [1.807, 2.05) is 18.3 Å². The summed E-state index contributed by atoms with van der Waals surface area (Å²) in [5.74, 6) is -0.169. The van der Waals surface area contributed by atoms with E-state index in [0.717, 1.165) is 55.7 Å². The van der Waals surface area contributed by atoms with Gasteiger partial charge in [0.25, 0.3) is 5.91 Å². The van der Waals surface area contributed by atoms with Crippen LogP contribution in [-0.4, -0.2) is 49.8 Å². The maximum atomic E-state index is 12.8. The van der Waals surface area contributed by atoms with Crippen molar-refractivity contribution in [1.29, 1.82) is 0 Å². The monoisotopic (exact) mass is 432 g/mol. The van der Waals surface area contributed by atoms with Crippen LogP contribution >= 0.6 is 0 Å². The molecule has 32 heavy (non-hydrogen) atoms. The molecule has 9 heteroatoms. The highest BCUT2D eigenvalue weighted by Crippen LogP contribution is 2.36. The number of pyridine rings is 1. The molecule has 166 valence electrons. The first-order valence-electron chi connectivity index (χ1n) is 11.1. The van der Waals surface area contributed by atoms with Crippen LogP contribution in [0, 0.1) is 5.41 Å². The summed E-state index contributed by atoms with van der Waals surface area (Å²) < 4.78 is 2.06. The molecule has 0 spiro atoms. The van der Waals surface area contributed by atoms with Gasteiger partial charge in [0, 0.05) is 42.1 Å². The number of carbonyl (C=O) groups excluding carboxylic acids is 1. The molecule has 1 fully saturated rings. The predicted molar refractivity (Wildman–Crippen MR) is 122 cm³/mol. The van der Waals surface area contributed by atoms with Crippen molar-refractivity contribution < 1.29 is 4.79 Å². The standard InChI is InChI=1S/C23H28N8O/c1-23(2)9-19-16(11-28-31(19)13-23)17-8-14(5-7-26-17)18-12-27-21(24)20(30-18)22(32)29-15-4-3-6-25-10-15/h5,7-8,11-12,15,25H,3-4,6,9-10,13H2,1-2H3,(H2,24,27)(H,29,32)/t15-/m0/s1. The molecule has 1 atom stereocenters. The second-order valence-corrected chi connectivity index (χ2v) is 9.44. The van der Waals surface area contributed by atoms with Gasteiger partial charge >= 0.3 is 0 Å². The van der Waals surface area contributed by atoms with Crippen molar-refractivity contribution >= 4 is 11.7 Å². The van der Waals surface area contributed by atoms with E-state index in [-0.39, 0.29) is 28.9 Å². The molecule has 0 aliphatic carbocycles. The normalized spacial score (nSPS) is 19.5. The second kappa shape index (κ2) is 7.98. The van der Waals surface area contributed by atoms with Crippen molar-refractivity contribution in [2.45, 2.75) is 45.7 Å². The molecule has 2 aliphatic rings. The lowest BCUT2D eigenvalue weighted by atomic mass is 9.90. The van der Waals surface area contributed by atoms with Gasteiger partial charge in [0.1, 0.15) is 0 Å². The van der Waals surface area contributed by atoms with Crippen LogP contribution in [0.3, 0.4) is 0 Å². The van der Waals surface area contributed by atoms with Crippen LogP contribution in [0.1, 0.15) is 42.9 Å². The molecule has 3 aromatic rings. The van der Waals surface area contributed by atoms with Gasteiger partial charge in [-0.1, -0.05) is 13.8 Å². The molecular weight excluding hydrogens is 404 g/mol. The minimum Gasteiger partial charge on any atom is -0.382 e. The average Bonchev–Trinajstić information content (AvgIpc) is 3.29. The Morgan fingerprint density at radius 3 is 2.97 bits per heavy atom. The highest BCUT2D eigenvalue weighted by molar-refractivity contribution is 5.97. The highest BCUT2D eigenvalue weighted by atomic mass is 16.2. The molecule has 0 aromatic carbocycles. The first-order valence-corrected chi connectivity index (χ1v) is 11.1. The van der Waals surface area contributed by atoms with E-state index in [1.165, 1.54) is 5.69 Å². The first kappa shape index (κ1) is 20.6. The third-order valence-electron chi connectivity index (χ3n) is 6.15. The summed E-state index contributed by atoms with van der Waals surface area (Å²) in [6, 6.07) is 3.91. The van der Waals surface area contributed by atoms with E-state index in [1.54, 1.807) is 12.4 Å². The van der Waals surface area contributed by atoms with Gasteiger partial charge in [-0.25, -0.2) is 9.97 Å². The minimum absolute atomic E-state index is 0.0716. The van der Waals surface area contributed by atoms with Gasteiger partial charge in [0.2, 0.25) is 0 Å². The predicted octanol–water partition coefficient (Wildman–Crippen LogP) is 2.05. The van der Waals surface area contributed by atoms with Crippen molar-refractivity contribution in [3.63, 3.8) is 0 Å². The van der Waals surface area contributed by atoms with Gasteiger partial charge in [-0.15, -0.1) is 0 Å². The zero-order valence-electron chi connectivity index (χ0n) is 18.4. The van der Waals surface area contributed by atoms with Crippen molar-refractivity contribution in [2.24, 2.45) is 5.41 Å². The molecule has 9 nitrogen and oxygen atoms in total.